The Labute approximate surface area is 164 Å². The minimum Gasteiger partial charge on any atom is -0.496 e. The lowest BCUT2D eigenvalue weighted by Crippen LogP contribution is -2.26. The van der Waals surface area contributed by atoms with Crippen LogP contribution in [-0.2, 0) is 27.5 Å². The number of likely N-dealkylation sites (tertiary alicyclic amines) is 1. The van der Waals surface area contributed by atoms with Crippen molar-refractivity contribution in [3.8, 4) is 5.75 Å². The summed E-state index contributed by atoms with van der Waals surface area (Å²) in [6, 6.07) is 14.7. The molecule has 0 N–H and O–H groups in total. The second-order valence-corrected chi connectivity index (χ2v) is 6.85. The van der Waals surface area contributed by atoms with Crippen LogP contribution < -0.4 is 4.74 Å². The van der Waals surface area contributed by atoms with E-state index in [2.05, 4.69) is 0 Å². The predicted octanol–water partition coefficient (Wildman–Crippen LogP) is 2.99. The highest BCUT2D eigenvalue weighted by Crippen LogP contribution is 2.24. The first-order valence-corrected chi connectivity index (χ1v) is 9.14. The average molecular weight is 381 g/mol. The van der Waals surface area contributed by atoms with Crippen LogP contribution in [0.1, 0.15) is 34.8 Å². The summed E-state index contributed by atoms with van der Waals surface area (Å²) < 4.78 is 10.7. The maximum atomic E-state index is 12.5. The van der Waals surface area contributed by atoms with Crippen molar-refractivity contribution >= 4 is 17.7 Å². The quantitative estimate of drug-likeness (QED) is 0.545. The maximum absolute atomic E-state index is 12.5. The molecular weight excluding hydrogens is 358 g/mol. The lowest BCUT2D eigenvalue weighted by Gasteiger charge is -2.16. The zero-order valence-electron chi connectivity index (χ0n) is 16.0. The summed E-state index contributed by atoms with van der Waals surface area (Å²) >= 11 is 0. The number of ether oxygens (including phenoxy) is 2. The molecule has 3 rings (SSSR count). The molecule has 0 unspecified atom stereocenters. The van der Waals surface area contributed by atoms with E-state index in [1.54, 1.807) is 23.1 Å². The van der Waals surface area contributed by atoms with Crippen LogP contribution in [0.15, 0.2) is 48.5 Å². The van der Waals surface area contributed by atoms with Crippen molar-refractivity contribution in [2.75, 3.05) is 13.7 Å². The number of methoxy groups -OCH3 is 1. The lowest BCUT2D eigenvalue weighted by molar-refractivity contribution is -0.149. The zero-order chi connectivity index (χ0) is 20.1. The van der Waals surface area contributed by atoms with Gasteiger partial charge in [-0.1, -0.05) is 30.3 Å². The molecule has 1 atom stereocenters. The molecule has 6 heteroatoms. The van der Waals surface area contributed by atoms with Gasteiger partial charge in [-0.05, 0) is 30.7 Å². The molecule has 0 bridgehead atoms. The van der Waals surface area contributed by atoms with Gasteiger partial charge in [0.05, 0.1) is 13.0 Å². The fraction of sp³-hybridized carbons (Fsp3) is 0.318. The first kappa shape index (κ1) is 19.6. The monoisotopic (exact) mass is 381 g/mol. The van der Waals surface area contributed by atoms with Crippen LogP contribution >= 0.6 is 0 Å². The zero-order valence-corrected chi connectivity index (χ0v) is 16.0. The minimum atomic E-state index is -0.488. The van der Waals surface area contributed by atoms with Gasteiger partial charge in [-0.25, -0.2) is 0 Å². The molecule has 2 aromatic carbocycles. The van der Waals surface area contributed by atoms with Gasteiger partial charge in [0.1, 0.15) is 12.4 Å². The van der Waals surface area contributed by atoms with Gasteiger partial charge >= 0.3 is 5.97 Å². The topological polar surface area (TPSA) is 72.9 Å². The van der Waals surface area contributed by atoms with E-state index in [4.69, 9.17) is 9.47 Å². The minimum absolute atomic E-state index is 0.00744. The number of carbonyl (C=O) groups excluding carboxylic acids is 3. The summed E-state index contributed by atoms with van der Waals surface area (Å²) in [4.78, 5) is 38.0. The SMILES string of the molecule is COc1ccc(C(C)=O)cc1COC(=O)[C@H]1CC(=O)N(Cc2ccccc2)C1. The molecule has 1 saturated heterocycles. The highest BCUT2D eigenvalue weighted by Gasteiger charge is 2.35. The number of benzene rings is 2. The van der Waals surface area contributed by atoms with E-state index in [9.17, 15) is 14.4 Å². The van der Waals surface area contributed by atoms with Crippen molar-refractivity contribution in [2.45, 2.75) is 26.5 Å². The first-order valence-electron chi connectivity index (χ1n) is 9.14. The van der Waals surface area contributed by atoms with Crippen LogP contribution in [-0.4, -0.2) is 36.2 Å². The summed E-state index contributed by atoms with van der Waals surface area (Å²) in [6.45, 7) is 2.30. The fourth-order valence-electron chi connectivity index (χ4n) is 3.26. The second-order valence-electron chi connectivity index (χ2n) is 6.85. The molecule has 1 fully saturated rings. The highest BCUT2D eigenvalue weighted by atomic mass is 16.5. The molecule has 146 valence electrons. The standard InChI is InChI=1S/C22H23NO5/c1-15(24)17-8-9-20(27-2)19(10-17)14-28-22(26)18-11-21(25)23(13-18)12-16-6-4-3-5-7-16/h3-10,18H,11-14H2,1-2H3/t18-/m0/s1. The summed E-state index contributed by atoms with van der Waals surface area (Å²) in [6.07, 6.45) is 0.149. The predicted molar refractivity (Wildman–Crippen MR) is 103 cm³/mol. The molecule has 1 aliphatic rings. The van der Waals surface area contributed by atoms with Crippen molar-refractivity contribution < 1.29 is 23.9 Å². The van der Waals surface area contributed by atoms with Crippen LogP contribution in [0.3, 0.4) is 0 Å². The van der Waals surface area contributed by atoms with Gasteiger partial charge in [0, 0.05) is 30.6 Å². The number of carbonyl (C=O) groups is 3. The molecule has 1 heterocycles. The van der Waals surface area contributed by atoms with Crippen LogP contribution in [0.25, 0.3) is 0 Å². The van der Waals surface area contributed by atoms with E-state index in [0.29, 0.717) is 30.0 Å². The van der Waals surface area contributed by atoms with Crippen molar-refractivity contribution in [1.29, 1.82) is 0 Å². The summed E-state index contributed by atoms with van der Waals surface area (Å²) in [7, 11) is 1.52. The van der Waals surface area contributed by atoms with Gasteiger partial charge in [-0.3, -0.25) is 14.4 Å². The van der Waals surface area contributed by atoms with Crippen LogP contribution in [0.2, 0.25) is 0 Å². The summed E-state index contributed by atoms with van der Waals surface area (Å²) in [5, 5.41) is 0. The molecule has 0 spiro atoms. The van der Waals surface area contributed by atoms with Gasteiger partial charge in [-0.2, -0.15) is 0 Å². The summed E-state index contributed by atoms with van der Waals surface area (Å²) in [5.74, 6) is -0.487. The van der Waals surface area contributed by atoms with Crippen molar-refractivity contribution in [3.63, 3.8) is 0 Å². The molecule has 0 radical (unpaired) electrons. The Morgan fingerprint density at radius 2 is 1.89 bits per heavy atom. The van der Waals surface area contributed by atoms with E-state index in [0.717, 1.165) is 5.56 Å². The number of ketones is 1. The van der Waals surface area contributed by atoms with E-state index in [-0.39, 0.29) is 24.7 Å². The van der Waals surface area contributed by atoms with Gasteiger partial charge in [0.2, 0.25) is 5.91 Å². The normalized spacial score (nSPS) is 16.1. The van der Waals surface area contributed by atoms with Gasteiger partial charge in [0.15, 0.2) is 5.78 Å². The number of nitrogens with zero attached hydrogens (tertiary/aromatic N) is 1. The number of amides is 1. The van der Waals surface area contributed by atoms with Gasteiger partial charge in [-0.15, -0.1) is 0 Å². The molecule has 1 aliphatic heterocycles. The Hall–Kier alpha value is -3.15. The van der Waals surface area contributed by atoms with E-state index in [1.165, 1.54) is 14.0 Å². The molecule has 0 aromatic heterocycles. The van der Waals surface area contributed by atoms with Crippen LogP contribution in [0, 0.1) is 5.92 Å². The third-order valence-electron chi connectivity index (χ3n) is 4.82. The highest BCUT2D eigenvalue weighted by molar-refractivity contribution is 5.94. The Morgan fingerprint density at radius 1 is 1.14 bits per heavy atom. The lowest BCUT2D eigenvalue weighted by atomic mass is 10.1. The number of rotatable bonds is 7. The fourth-order valence-corrected chi connectivity index (χ4v) is 3.26. The van der Waals surface area contributed by atoms with E-state index < -0.39 is 11.9 Å². The molecule has 28 heavy (non-hydrogen) atoms. The van der Waals surface area contributed by atoms with Crippen molar-refractivity contribution in [1.82, 2.24) is 4.90 Å². The Kier molecular flexibility index (Phi) is 6.09. The van der Waals surface area contributed by atoms with Crippen molar-refractivity contribution in [2.24, 2.45) is 5.92 Å². The maximum Gasteiger partial charge on any atom is 0.311 e. The smallest absolute Gasteiger partial charge is 0.311 e. The average Bonchev–Trinajstić information content (AvgIpc) is 3.07. The third kappa shape index (κ3) is 4.57. The molecule has 6 nitrogen and oxygen atoms in total. The Bertz CT molecular complexity index is 878. The number of Topliss-reactive ketones (excluding diaryl/α,β-unsaturated/α-hetero) is 1. The van der Waals surface area contributed by atoms with Gasteiger partial charge < -0.3 is 14.4 Å². The number of hydrogen-bond donors (Lipinski definition) is 0. The van der Waals surface area contributed by atoms with Crippen LogP contribution in [0.5, 0.6) is 5.75 Å². The largest absolute Gasteiger partial charge is 0.496 e. The van der Waals surface area contributed by atoms with E-state index in [1.807, 2.05) is 30.3 Å². The number of esters is 1. The Balaban J connectivity index is 1.60. The second kappa shape index (κ2) is 8.69. The first-order chi connectivity index (χ1) is 13.5. The molecule has 0 saturated carbocycles. The van der Waals surface area contributed by atoms with Gasteiger partial charge in [0.25, 0.3) is 0 Å². The molecule has 0 aliphatic carbocycles. The third-order valence-corrected chi connectivity index (χ3v) is 4.82. The van der Waals surface area contributed by atoms with Crippen LogP contribution in [0.4, 0.5) is 0 Å². The summed E-state index contributed by atoms with van der Waals surface area (Å²) in [5.41, 5.74) is 2.17. The Morgan fingerprint density at radius 3 is 2.57 bits per heavy atom. The number of hydrogen-bond acceptors (Lipinski definition) is 5. The molecule has 2 aromatic rings. The molecular formula is C22H23NO5. The molecule has 1 amide bonds. The van der Waals surface area contributed by atoms with E-state index >= 15 is 0 Å². The van der Waals surface area contributed by atoms with Crippen molar-refractivity contribution in [3.05, 3.63) is 65.2 Å².